The standard InChI is InChI=1S/C8H10O5.C3H6/c1-2-11-6(9)3-4-7(10)13-8-5-12-8;1-3-2/h3-4,8H,2,5H2,1H3;3H,1H2,2H3/b4-3-;. The lowest BCUT2D eigenvalue weighted by molar-refractivity contribution is -0.143. The van der Waals surface area contributed by atoms with Crippen molar-refractivity contribution in [3.63, 3.8) is 0 Å². The Bertz CT molecular complexity index is 266. The van der Waals surface area contributed by atoms with Crippen LogP contribution in [-0.2, 0) is 23.8 Å². The van der Waals surface area contributed by atoms with Crippen LogP contribution in [-0.4, -0.2) is 31.4 Å². The van der Waals surface area contributed by atoms with Gasteiger partial charge in [0.2, 0.25) is 6.29 Å². The quantitative estimate of drug-likeness (QED) is 0.313. The fourth-order valence-electron chi connectivity index (χ4n) is 0.603. The number of hydrogen-bond acceptors (Lipinski definition) is 5. The first-order valence-electron chi connectivity index (χ1n) is 4.88. The zero-order valence-corrected chi connectivity index (χ0v) is 9.47. The van der Waals surface area contributed by atoms with Crippen LogP contribution in [0, 0.1) is 0 Å². The van der Waals surface area contributed by atoms with Gasteiger partial charge in [0.05, 0.1) is 6.61 Å². The molecule has 0 N–H and O–H groups in total. The van der Waals surface area contributed by atoms with E-state index in [1.54, 1.807) is 13.0 Å². The van der Waals surface area contributed by atoms with Crippen LogP contribution in [0.4, 0.5) is 0 Å². The van der Waals surface area contributed by atoms with E-state index in [1.165, 1.54) is 0 Å². The maximum absolute atomic E-state index is 10.8. The van der Waals surface area contributed by atoms with Gasteiger partial charge in [-0.05, 0) is 13.8 Å². The number of epoxide rings is 1. The van der Waals surface area contributed by atoms with Crippen molar-refractivity contribution in [3.8, 4) is 0 Å². The minimum Gasteiger partial charge on any atom is -0.463 e. The number of ether oxygens (including phenoxy) is 3. The number of hydrogen-bond donors (Lipinski definition) is 0. The number of carbonyl (C=O) groups is 2. The van der Waals surface area contributed by atoms with E-state index in [0.29, 0.717) is 6.61 Å². The zero-order chi connectivity index (χ0) is 12.4. The summed E-state index contributed by atoms with van der Waals surface area (Å²) in [5, 5.41) is 0. The van der Waals surface area contributed by atoms with Crippen molar-refractivity contribution in [1.29, 1.82) is 0 Å². The average molecular weight is 228 g/mol. The van der Waals surface area contributed by atoms with Crippen molar-refractivity contribution < 1.29 is 23.8 Å². The molecule has 0 aromatic heterocycles. The average Bonchev–Trinajstić information content (AvgIpc) is 3.00. The van der Waals surface area contributed by atoms with Crippen molar-refractivity contribution in [2.75, 3.05) is 13.2 Å². The Labute approximate surface area is 94.7 Å². The normalized spacial score (nSPS) is 17.0. The van der Waals surface area contributed by atoms with Gasteiger partial charge in [-0.2, -0.15) is 0 Å². The lowest BCUT2D eigenvalue weighted by Gasteiger charge is -1.95. The van der Waals surface area contributed by atoms with Crippen LogP contribution in [0.2, 0.25) is 0 Å². The summed E-state index contributed by atoms with van der Waals surface area (Å²) in [5.41, 5.74) is 0. The Hall–Kier alpha value is -1.62. The van der Waals surface area contributed by atoms with Gasteiger partial charge in [-0.1, -0.05) is 6.08 Å². The molecule has 0 spiro atoms. The van der Waals surface area contributed by atoms with E-state index in [0.717, 1.165) is 12.2 Å². The molecular formula is C11H16O5. The van der Waals surface area contributed by atoms with Crippen molar-refractivity contribution >= 4 is 11.9 Å². The first-order valence-corrected chi connectivity index (χ1v) is 4.88. The number of esters is 2. The lowest BCUT2D eigenvalue weighted by atomic mass is 10.5. The molecule has 0 bridgehead atoms. The van der Waals surface area contributed by atoms with Crippen LogP contribution < -0.4 is 0 Å². The van der Waals surface area contributed by atoms with Crippen LogP contribution in [0.25, 0.3) is 0 Å². The molecule has 0 saturated carbocycles. The second-order valence-electron chi connectivity index (χ2n) is 2.69. The summed E-state index contributed by atoms with van der Waals surface area (Å²) in [5.74, 6) is -1.16. The third-order valence-corrected chi connectivity index (χ3v) is 1.19. The molecule has 1 fully saturated rings. The van der Waals surface area contributed by atoms with Gasteiger partial charge in [0.1, 0.15) is 6.61 Å². The summed E-state index contributed by atoms with van der Waals surface area (Å²) in [4.78, 5) is 21.5. The molecule has 0 aliphatic carbocycles. The summed E-state index contributed by atoms with van der Waals surface area (Å²) < 4.78 is 13.8. The highest BCUT2D eigenvalue weighted by molar-refractivity contribution is 5.91. The van der Waals surface area contributed by atoms with Crippen LogP contribution in [0.3, 0.4) is 0 Å². The Balaban J connectivity index is 0.000000673. The molecule has 1 heterocycles. The number of allylic oxidation sites excluding steroid dienone is 1. The van der Waals surface area contributed by atoms with E-state index in [4.69, 9.17) is 0 Å². The Morgan fingerprint density at radius 3 is 2.38 bits per heavy atom. The van der Waals surface area contributed by atoms with Gasteiger partial charge in [0.15, 0.2) is 0 Å². The third kappa shape index (κ3) is 8.96. The van der Waals surface area contributed by atoms with E-state index >= 15 is 0 Å². The van der Waals surface area contributed by atoms with E-state index in [-0.39, 0.29) is 6.61 Å². The van der Waals surface area contributed by atoms with E-state index in [2.05, 4.69) is 20.8 Å². The minimum absolute atomic E-state index is 0.282. The van der Waals surface area contributed by atoms with Crippen molar-refractivity contribution in [2.45, 2.75) is 20.1 Å². The highest BCUT2D eigenvalue weighted by Gasteiger charge is 2.26. The smallest absolute Gasteiger partial charge is 0.333 e. The van der Waals surface area contributed by atoms with Crippen molar-refractivity contribution in [2.24, 2.45) is 0 Å². The van der Waals surface area contributed by atoms with Crippen LogP contribution in [0.1, 0.15) is 13.8 Å². The Morgan fingerprint density at radius 2 is 1.94 bits per heavy atom. The summed E-state index contributed by atoms with van der Waals surface area (Å²) >= 11 is 0. The fraction of sp³-hybridized carbons (Fsp3) is 0.455. The maximum Gasteiger partial charge on any atom is 0.333 e. The lowest BCUT2D eigenvalue weighted by Crippen LogP contribution is -2.05. The summed E-state index contributed by atoms with van der Waals surface area (Å²) in [7, 11) is 0. The molecule has 1 aliphatic rings. The molecule has 0 aromatic carbocycles. The van der Waals surface area contributed by atoms with E-state index < -0.39 is 18.2 Å². The predicted octanol–water partition coefficient (Wildman–Crippen LogP) is 1.20. The van der Waals surface area contributed by atoms with Crippen molar-refractivity contribution in [1.82, 2.24) is 0 Å². The van der Waals surface area contributed by atoms with Gasteiger partial charge >= 0.3 is 11.9 Å². The highest BCUT2D eigenvalue weighted by Crippen LogP contribution is 2.10. The van der Waals surface area contributed by atoms with Crippen molar-refractivity contribution in [3.05, 3.63) is 24.8 Å². The van der Waals surface area contributed by atoms with Gasteiger partial charge in [0, 0.05) is 12.2 Å². The monoisotopic (exact) mass is 228 g/mol. The predicted molar refractivity (Wildman–Crippen MR) is 57.5 cm³/mol. The zero-order valence-electron chi connectivity index (χ0n) is 9.47. The molecule has 1 unspecified atom stereocenters. The molecule has 0 amide bonds. The molecule has 5 nitrogen and oxygen atoms in total. The van der Waals surface area contributed by atoms with Gasteiger partial charge in [-0.25, -0.2) is 9.59 Å². The molecule has 0 radical (unpaired) electrons. The van der Waals surface area contributed by atoms with Crippen LogP contribution in [0.15, 0.2) is 24.8 Å². The molecule has 1 rings (SSSR count). The third-order valence-electron chi connectivity index (χ3n) is 1.19. The fourth-order valence-corrected chi connectivity index (χ4v) is 0.603. The van der Waals surface area contributed by atoms with Gasteiger partial charge < -0.3 is 14.2 Å². The van der Waals surface area contributed by atoms with Gasteiger partial charge in [-0.3, -0.25) is 0 Å². The second-order valence-corrected chi connectivity index (χ2v) is 2.69. The topological polar surface area (TPSA) is 65.1 Å². The van der Waals surface area contributed by atoms with Gasteiger partial charge in [0.25, 0.3) is 0 Å². The molecule has 16 heavy (non-hydrogen) atoms. The molecule has 1 atom stereocenters. The number of rotatable bonds is 4. The summed E-state index contributed by atoms with van der Waals surface area (Å²) in [6.07, 6.45) is 3.35. The van der Waals surface area contributed by atoms with Crippen LogP contribution in [0.5, 0.6) is 0 Å². The molecular weight excluding hydrogens is 212 g/mol. The first-order chi connectivity index (χ1) is 7.63. The number of carbonyl (C=O) groups excluding carboxylic acids is 2. The first kappa shape index (κ1) is 14.4. The van der Waals surface area contributed by atoms with Gasteiger partial charge in [-0.15, -0.1) is 6.58 Å². The molecule has 5 heteroatoms. The summed E-state index contributed by atoms with van der Waals surface area (Å²) in [6, 6.07) is 0. The van der Waals surface area contributed by atoms with Crippen LogP contribution >= 0.6 is 0 Å². The highest BCUT2D eigenvalue weighted by atomic mass is 16.8. The SMILES string of the molecule is C=CC.CCOC(=O)/C=C\C(=O)OC1CO1. The Morgan fingerprint density at radius 1 is 1.44 bits per heavy atom. The van der Waals surface area contributed by atoms with E-state index in [9.17, 15) is 9.59 Å². The molecule has 90 valence electrons. The molecule has 0 aromatic rings. The largest absolute Gasteiger partial charge is 0.463 e. The maximum atomic E-state index is 10.8. The molecule has 1 saturated heterocycles. The minimum atomic E-state index is -0.601. The Kier molecular flexibility index (Phi) is 7.79. The molecule has 1 aliphatic heterocycles. The second kappa shape index (κ2) is 8.67. The van der Waals surface area contributed by atoms with E-state index in [1.807, 2.05) is 6.92 Å². The summed E-state index contributed by atoms with van der Waals surface area (Å²) in [6.45, 7) is 7.64.